The molecule has 0 fully saturated rings. The first kappa shape index (κ1) is 14.8. The molecule has 5 nitrogen and oxygen atoms in total. The Morgan fingerprint density at radius 2 is 1.95 bits per heavy atom. The van der Waals surface area contributed by atoms with Crippen LogP contribution in [0.4, 0.5) is 5.69 Å². The number of hydrogen-bond donors (Lipinski definition) is 2. The minimum Gasteiger partial charge on any atom is -0.477 e. The Bertz CT molecular complexity index is 638. The van der Waals surface area contributed by atoms with Gasteiger partial charge in [-0.2, -0.15) is 0 Å². The third kappa shape index (κ3) is 3.51. The van der Waals surface area contributed by atoms with Crippen LogP contribution in [0.15, 0.2) is 36.4 Å². The lowest BCUT2D eigenvalue weighted by Gasteiger charge is -2.11. The van der Waals surface area contributed by atoms with E-state index in [1.165, 1.54) is 17.7 Å². The van der Waals surface area contributed by atoms with Gasteiger partial charge in [-0.25, -0.2) is 9.78 Å². The fourth-order valence-electron chi connectivity index (χ4n) is 1.86. The van der Waals surface area contributed by atoms with E-state index in [9.17, 15) is 4.79 Å². The monoisotopic (exact) mass is 286 g/mol. The van der Waals surface area contributed by atoms with Crippen LogP contribution in [0.5, 0.6) is 11.6 Å². The Morgan fingerprint density at radius 3 is 2.52 bits per heavy atom. The van der Waals surface area contributed by atoms with Crippen LogP contribution in [0.25, 0.3) is 0 Å². The molecule has 2 aromatic rings. The summed E-state index contributed by atoms with van der Waals surface area (Å²) in [7, 11) is 0. The molecule has 0 spiro atoms. The van der Waals surface area contributed by atoms with Gasteiger partial charge in [0, 0.05) is 0 Å². The smallest absolute Gasteiger partial charge is 0.354 e. The Hall–Kier alpha value is -2.56. The van der Waals surface area contributed by atoms with Crippen molar-refractivity contribution in [2.24, 2.45) is 0 Å². The molecule has 21 heavy (non-hydrogen) atoms. The number of carboxylic acid groups (broad SMARTS) is 1. The molecule has 0 aliphatic carbocycles. The molecular weight excluding hydrogens is 268 g/mol. The van der Waals surface area contributed by atoms with Gasteiger partial charge in [0.25, 0.3) is 0 Å². The number of nitrogens with two attached hydrogens (primary N) is 1. The Kier molecular flexibility index (Phi) is 4.42. The molecule has 0 aliphatic heterocycles. The van der Waals surface area contributed by atoms with E-state index in [0.717, 1.165) is 6.42 Å². The topological polar surface area (TPSA) is 85.4 Å². The van der Waals surface area contributed by atoms with Crippen molar-refractivity contribution in [3.05, 3.63) is 47.7 Å². The van der Waals surface area contributed by atoms with Gasteiger partial charge in [0.15, 0.2) is 5.69 Å². The first-order chi connectivity index (χ1) is 10.0. The van der Waals surface area contributed by atoms with Crippen molar-refractivity contribution in [3.63, 3.8) is 0 Å². The SMILES string of the molecule is CCC(C)c1ccc(Oc2nc(C(=O)O)ccc2N)cc1. The molecule has 1 unspecified atom stereocenters. The first-order valence-electron chi connectivity index (χ1n) is 6.79. The number of hydrogen-bond acceptors (Lipinski definition) is 4. The molecule has 0 amide bonds. The lowest BCUT2D eigenvalue weighted by molar-refractivity contribution is 0.0689. The molecule has 2 rings (SSSR count). The van der Waals surface area contributed by atoms with Gasteiger partial charge in [-0.05, 0) is 42.2 Å². The van der Waals surface area contributed by atoms with E-state index < -0.39 is 5.97 Å². The van der Waals surface area contributed by atoms with Crippen molar-refractivity contribution in [3.8, 4) is 11.6 Å². The third-order valence-electron chi connectivity index (χ3n) is 3.38. The Labute approximate surface area is 123 Å². The molecular formula is C16H18N2O3. The van der Waals surface area contributed by atoms with E-state index in [-0.39, 0.29) is 11.6 Å². The number of aromatic nitrogens is 1. The summed E-state index contributed by atoms with van der Waals surface area (Å²) >= 11 is 0. The van der Waals surface area contributed by atoms with Gasteiger partial charge in [0.1, 0.15) is 5.75 Å². The molecule has 0 radical (unpaired) electrons. The summed E-state index contributed by atoms with van der Waals surface area (Å²) in [4.78, 5) is 14.8. The number of nitrogen functional groups attached to an aromatic ring is 1. The summed E-state index contributed by atoms with van der Waals surface area (Å²) in [5.74, 6) is 0.0412. The molecule has 0 saturated carbocycles. The summed E-state index contributed by atoms with van der Waals surface area (Å²) in [5.41, 5.74) is 7.18. The minimum absolute atomic E-state index is 0.101. The number of anilines is 1. The maximum atomic E-state index is 10.9. The zero-order valence-corrected chi connectivity index (χ0v) is 12.0. The molecule has 5 heteroatoms. The third-order valence-corrected chi connectivity index (χ3v) is 3.38. The molecule has 3 N–H and O–H groups in total. The molecule has 1 aromatic heterocycles. The molecule has 0 bridgehead atoms. The van der Waals surface area contributed by atoms with Crippen LogP contribution in [0.3, 0.4) is 0 Å². The average Bonchev–Trinajstić information content (AvgIpc) is 2.49. The van der Waals surface area contributed by atoms with Crippen molar-refractivity contribution in [2.75, 3.05) is 5.73 Å². The summed E-state index contributed by atoms with van der Waals surface area (Å²) in [6.07, 6.45) is 1.06. The minimum atomic E-state index is -1.12. The van der Waals surface area contributed by atoms with Crippen LogP contribution < -0.4 is 10.5 Å². The second-order valence-corrected chi connectivity index (χ2v) is 4.88. The number of carboxylic acids is 1. The van der Waals surface area contributed by atoms with Crippen molar-refractivity contribution in [1.82, 2.24) is 4.98 Å². The van der Waals surface area contributed by atoms with E-state index >= 15 is 0 Å². The van der Waals surface area contributed by atoms with Gasteiger partial charge in [0.05, 0.1) is 5.69 Å². The number of aromatic carboxylic acids is 1. The van der Waals surface area contributed by atoms with E-state index in [4.69, 9.17) is 15.6 Å². The Morgan fingerprint density at radius 1 is 1.29 bits per heavy atom. The highest BCUT2D eigenvalue weighted by molar-refractivity contribution is 5.86. The fourth-order valence-corrected chi connectivity index (χ4v) is 1.86. The van der Waals surface area contributed by atoms with Gasteiger partial charge in [-0.1, -0.05) is 26.0 Å². The second-order valence-electron chi connectivity index (χ2n) is 4.88. The summed E-state index contributed by atoms with van der Waals surface area (Å²) < 4.78 is 5.57. The highest BCUT2D eigenvalue weighted by Crippen LogP contribution is 2.27. The van der Waals surface area contributed by atoms with Crippen molar-refractivity contribution in [2.45, 2.75) is 26.2 Å². The van der Waals surface area contributed by atoms with Crippen LogP contribution in [-0.2, 0) is 0 Å². The van der Waals surface area contributed by atoms with Gasteiger partial charge in [-0.3, -0.25) is 0 Å². The highest BCUT2D eigenvalue weighted by atomic mass is 16.5. The maximum absolute atomic E-state index is 10.9. The number of rotatable bonds is 5. The molecule has 1 aromatic carbocycles. The first-order valence-corrected chi connectivity index (χ1v) is 6.79. The van der Waals surface area contributed by atoms with Crippen molar-refractivity contribution >= 4 is 11.7 Å². The predicted molar refractivity (Wildman–Crippen MR) is 80.8 cm³/mol. The van der Waals surface area contributed by atoms with Crippen LogP contribution in [0.2, 0.25) is 0 Å². The van der Waals surface area contributed by atoms with Gasteiger partial charge < -0.3 is 15.6 Å². The standard InChI is InChI=1S/C16H18N2O3/c1-3-10(2)11-4-6-12(7-5-11)21-15-13(17)8-9-14(18-15)16(19)20/h4-10H,3,17H2,1-2H3,(H,19,20). The van der Waals surface area contributed by atoms with Crippen molar-refractivity contribution < 1.29 is 14.6 Å². The number of ether oxygens (including phenoxy) is 1. The Balaban J connectivity index is 2.22. The zero-order chi connectivity index (χ0) is 15.4. The second kappa shape index (κ2) is 6.26. The number of carbonyl (C=O) groups is 1. The zero-order valence-electron chi connectivity index (χ0n) is 12.0. The number of pyridine rings is 1. The predicted octanol–water partition coefficient (Wildman–Crippen LogP) is 3.67. The molecule has 0 aliphatic rings. The maximum Gasteiger partial charge on any atom is 0.354 e. The fraction of sp³-hybridized carbons (Fsp3) is 0.250. The van der Waals surface area contributed by atoms with Crippen LogP contribution in [0.1, 0.15) is 42.2 Å². The van der Waals surface area contributed by atoms with Gasteiger partial charge in [0.2, 0.25) is 5.88 Å². The summed E-state index contributed by atoms with van der Waals surface area (Å²) in [5, 5.41) is 8.93. The molecule has 0 saturated heterocycles. The van der Waals surface area contributed by atoms with Crippen LogP contribution in [-0.4, -0.2) is 16.1 Å². The van der Waals surface area contributed by atoms with E-state index in [0.29, 0.717) is 17.4 Å². The lowest BCUT2D eigenvalue weighted by atomic mass is 9.99. The highest BCUT2D eigenvalue weighted by Gasteiger charge is 2.11. The molecule has 1 atom stereocenters. The number of nitrogens with zero attached hydrogens (tertiary/aromatic N) is 1. The quantitative estimate of drug-likeness (QED) is 0.876. The lowest BCUT2D eigenvalue weighted by Crippen LogP contribution is -2.03. The largest absolute Gasteiger partial charge is 0.477 e. The van der Waals surface area contributed by atoms with Crippen LogP contribution >= 0.6 is 0 Å². The van der Waals surface area contributed by atoms with Gasteiger partial charge in [-0.15, -0.1) is 0 Å². The summed E-state index contributed by atoms with van der Waals surface area (Å²) in [6, 6.07) is 10.4. The van der Waals surface area contributed by atoms with E-state index in [1.807, 2.05) is 24.3 Å². The van der Waals surface area contributed by atoms with Gasteiger partial charge >= 0.3 is 5.97 Å². The van der Waals surface area contributed by atoms with E-state index in [2.05, 4.69) is 18.8 Å². The molecule has 1 heterocycles. The average molecular weight is 286 g/mol. The number of benzene rings is 1. The van der Waals surface area contributed by atoms with E-state index in [1.54, 1.807) is 0 Å². The summed E-state index contributed by atoms with van der Waals surface area (Å²) in [6.45, 7) is 4.29. The normalized spacial score (nSPS) is 11.9. The molecule has 110 valence electrons. The van der Waals surface area contributed by atoms with Crippen LogP contribution in [0, 0.1) is 0 Å². The van der Waals surface area contributed by atoms with Crippen molar-refractivity contribution in [1.29, 1.82) is 0 Å².